The lowest BCUT2D eigenvalue weighted by atomic mass is 10.1. The number of benzene rings is 1. The maximum atomic E-state index is 5.86. The first kappa shape index (κ1) is 15.0. The molecule has 0 aliphatic carbocycles. The lowest BCUT2D eigenvalue weighted by molar-refractivity contribution is 0.329. The first-order valence-corrected chi connectivity index (χ1v) is 6.49. The lowest BCUT2D eigenvalue weighted by Crippen LogP contribution is -2.33. The Morgan fingerprint density at radius 1 is 1.33 bits per heavy atom. The fraction of sp³-hybridized carbons (Fsp3) is 0.571. The van der Waals surface area contributed by atoms with Gasteiger partial charge in [0, 0.05) is 31.2 Å². The molecule has 1 aromatic rings. The number of nitrogens with one attached hydrogen (secondary N) is 1. The molecule has 1 rings (SSSR count). The second-order valence-electron chi connectivity index (χ2n) is 4.52. The first-order valence-electron chi connectivity index (χ1n) is 6.49. The van der Waals surface area contributed by atoms with Crippen molar-refractivity contribution in [2.75, 3.05) is 40.3 Å². The Labute approximate surface area is 110 Å². The summed E-state index contributed by atoms with van der Waals surface area (Å²) in [5, 5.41) is 3.47. The first-order chi connectivity index (χ1) is 8.69. The van der Waals surface area contributed by atoms with Gasteiger partial charge in [0.05, 0.1) is 6.61 Å². The minimum atomic E-state index is 0.146. The Hall–Kier alpha value is -1.10. The number of ether oxygens (including phenoxy) is 1. The van der Waals surface area contributed by atoms with Gasteiger partial charge in [-0.2, -0.15) is 0 Å². The minimum Gasteiger partial charge on any atom is -0.494 e. The number of hydrogen-bond donors (Lipinski definition) is 2. The highest BCUT2D eigenvalue weighted by molar-refractivity contribution is 5.36. The van der Waals surface area contributed by atoms with Crippen molar-refractivity contribution >= 4 is 0 Å². The highest BCUT2D eigenvalue weighted by Crippen LogP contribution is 2.24. The molecule has 0 spiro atoms. The van der Waals surface area contributed by atoms with Crippen molar-refractivity contribution in [2.45, 2.75) is 13.0 Å². The molecule has 0 bridgehead atoms. The Morgan fingerprint density at radius 2 is 2.06 bits per heavy atom. The van der Waals surface area contributed by atoms with Gasteiger partial charge in [-0.15, -0.1) is 0 Å². The van der Waals surface area contributed by atoms with Gasteiger partial charge in [-0.1, -0.05) is 18.2 Å². The Kier molecular flexibility index (Phi) is 6.72. The number of hydrogen-bond acceptors (Lipinski definition) is 4. The zero-order chi connectivity index (χ0) is 13.4. The Balaban J connectivity index is 2.68. The highest BCUT2D eigenvalue weighted by atomic mass is 16.5. The summed E-state index contributed by atoms with van der Waals surface area (Å²) in [4.78, 5) is 2.15. The van der Waals surface area contributed by atoms with E-state index in [1.54, 1.807) is 0 Å². The second-order valence-corrected chi connectivity index (χ2v) is 4.52. The van der Waals surface area contributed by atoms with Crippen LogP contribution in [0.15, 0.2) is 24.3 Å². The lowest BCUT2D eigenvalue weighted by Gasteiger charge is -2.21. The third-order valence-corrected chi connectivity index (χ3v) is 2.78. The second kappa shape index (κ2) is 8.08. The van der Waals surface area contributed by atoms with Crippen LogP contribution in [0.3, 0.4) is 0 Å². The van der Waals surface area contributed by atoms with E-state index >= 15 is 0 Å². The van der Waals surface area contributed by atoms with Crippen LogP contribution in [0.25, 0.3) is 0 Å². The van der Waals surface area contributed by atoms with Gasteiger partial charge < -0.3 is 20.7 Å². The molecule has 102 valence electrons. The minimum absolute atomic E-state index is 0.146. The highest BCUT2D eigenvalue weighted by Gasteiger charge is 2.13. The van der Waals surface area contributed by atoms with E-state index in [9.17, 15) is 0 Å². The molecule has 3 N–H and O–H groups in total. The van der Waals surface area contributed by atoms with E-state index in [0.29, 0.717) is 13.2 Å². The zero-order valence-corrected chi connectivity index (χ0v) is 11.6. The molecule has 0 amide bonds. The fourth-order valence-electron chi connectivity index (χ4n) is 1.84. The number of para-hydroxylation sites is 1. The van der Waals surface area contributed by atoms with Crippen LogP contribution >= 0.6 is 0 Å². The van der Waals surface area contributed by atoms with Crippen LogP contribution in [-0.2, 0) is 0 Å². The standard InChI is InChI=1S/C14H25N3O/c1-4-18-14-8-6-5-7-12(14)13(11-15)16-9-10-17(2)3/h5-8,13,16H,4,9-11,15H2,1-3H3. The Morgan fingerprint density at radius 3 is 2.67 bits per heavy atom. The van der Waals surface area contributed by atoms with E-state index < -0.39 is 0 Å². The van der Waals surface area contributed by atoms with Crippen LogP contribution in [0.4, 0.5) is 0 Å². The van der Waals surface area contributed by atoms with Gasteiger partial charge in [-0.3, -0.25) is 0 Å². The van der Waals surface area contributed by atoms with Gasteiger partial charge in [0.15, 0.2) is 0 Å². The number of nitrogens with zero attached hydrogens (tertiary/aromatic N) is 1. The molecule has 0 radical (unpaired) electrons. The quantitative estimate of drug-likeness (QED) is 0.730. The number of nitrogens with two attached hydrogens (primary N) is 1. The number of likely N-dealkylation sites (N-methyl/N-ethyl adjacent to an activating group) is 1. The molecule has 4 nitrogen and oxygen atoms in total. The SMILES string of the molecule is CCOc1ccccc1C(CN)NCCN(C)C. The van der Waals surface area contributed by atoms with Crippen LogP contribution in [0.5, 0.6) is 5.75 Å². The van der Waals surface area contributed by atoms with E-state index in [4.69, 9.17) is 10.5 Å². The molecule has 1 aromatic carbocycles. The average Bonchev–Trinajstić information content (AvgIpc) is 2.36. The molecule has 0 heterocycles. The molecule has 18 heavy (non-hydrogen) atoms. The Bertz CT molecular complexity index is 342. The van der Waals surface area contributed by atoms with Crippen molar-refractivity contribution in [3.63, 3.8) is 0 Å². The van der Waals surface area contributed by atoms with Crippen molar-refractivity contribution in [1.29, 1.82) is 0 Å². The van der Waals surface area contributed by atoms with Crippen LogP contribution in [0, 0.1) is 0 Å². The molecule has 4 heteroatoms. The molecule has 0 saturated heterocycles. The molecule has 0 aliphatic rings. The van der Waals surface area contributed by atoms with Gasteiger partial charge >= 0.3 is 0 Å². The summed E-state index contributed by atoms with van der Waals surface area (Å²) < 4.78 is 5.64. The predicted octanol–water partition coefficient (Wildman–Crippen LogP) is 1.24. The normalized spacial score (nSPS) is 12.7. The maximum absolute atomic E-state index is 5.86. The van der Waals surface area contributed by atoms with E-state index in [0.717, 1.165) is 24.4 Å². The van der Waals surface area contributed by atoms with Crippen LogP contribution in [0.1, 0.15) is 18.5 Å². The van der Waals surface area contributed by atoms with Gasteiger partial charge in [0.2, 0.25) is 0 Å². The van der Waals surface area contributed by atoms with Gasteiger partial charge in [-0.05, 0) is 27.1 Å². The molecule has 1 atom stereocenters. The fourth-order valence-corrected chi connectivity index (χ4v) is 1.84. The summed E-state index contributed by atoms with van der Waals surface area (Å²) in [6.07, 6.45) is 0. The molecule has 0 aromatic heterocycles. The van der Waals surface area contributed by atoms with E-state index in [1.807, 2.05) is 25.1 Å². The van der Waals surface area contributed by atoms with E-state index in [-0.39, 0.29) is 6.04 Å². The largest absolute Gasteiger partial charge is 0.494 e. The summed E-state index contributed by atoms with van der Waals surface area (Å²) in [6, 6.07) is 8.23. The summed E-state index contributed by atoms with van der Waals surface area (Å²) in [5.74, 6) is 0.924. The summed E-state index contributed by atoms with van der Waals surface area (Å²) in [6.45, 7) is 5.14. The predicted molar refractivity (Wildman–Crippen MR) is 76.0 cm³/mol. The number of rotatable bonds is 8. The van der Waals surface area contributed by atoms with Crippen molar-refractivity contribution in [3.8, 4) is 5.75 Å². The third kappa shape index (κ3) is 4.64. The van der Waals surface area contributed by atoms with Gasteiger partial charge in [0.1, 0.15) is 5.75 Å². The van der Waals surface area contributed by atoms with E-state index in [1.165, 1.54) is 0 Å². The van der Waals surface area contributed by atoms with Crippen LogP contribution in [0.2, 0.25) is 0 Å². The molecular formula is C14H25N3O. The van der Waals surface area contributed by atoms with Crippen molar-refractivity contribution in [1.82, 2.24) is 10.2 Å². The monoisotopic (exact) mass is 251 g/mol. The third-order valence-electron chi connectivity index (χ3n) is 2.78. The zero-order valence-electron chi connectivity index (χ0n) is 11.6. The van der Waals surface area contributed by atoms with Crippen LogP contribution in [-0.4, -0.2) is 45.2 Å². The van der Waals surface area contributed by atoms with Gasteiger partial charge in [-0.25, -0.2) is 0 Å². The smallest absolute Gasteiger partial charge is 0.124 e. The molecule has 1 unspecified atom stereocenters. The van der Waals surface area contributed by atoms with Crippen molar-refractivity contribution in [2.24, 2.45) is 5.73 Å². The van der Waals surface area contributed by atoms with Gasteiger partial charge in [0.25, 0.3) is 0 Å². The molecule has 0 fully saturated rings. The van der Waals surface area contributed by atoms with E-state index in [2.05, 4.69) is 30.4 Å². The van der Waals surface area contributed by atoms with Crippen molar-refractivity contribution in [3.05, 3.63) is 29.8 Å². The van der Waals surface area contributed by atoms with Crippen molar-refractivity contribution < 1.29 is 4.74 Å². The molecular weight excluding hydrogens is 226 g/mol. The van der Waals surface area contributed by atoms with Crippen LogP contribution < -0.4 is 15.8 Å². The molecule has 0 saturated carbocycles. The average molecular weight is 251 g/mol. The maximum Gasteiger partial charge on any atom is 0.124 e. The summed E-state index contributed by atoms with van der Waals surface area (Å²) in [7, 11) is 4.13. The summed E-state index contributed by atoms with van der Waals surface area (Å²) >= 11 is 0. The topological polar surface area (TPSA) is 50.5 Å². The summed E-state index contributed by atoms with van der Waals surface area (Å²) in [5.41, 5.74) is 6.99. The molecule has 0 aliphatic heterocycles.